The summed E-state index contributed by atoms with van der Waals surface area (Å²) in [5.41, 5.74) is 3.91. The molecule has 2 aromatic carbocycles. The maximum absolute atomic E-state index is 12.7. The number of nitrogens with zero attached hydrogens (tertiary/aromatic N) is 2. The molecule has 0 aliphatic heterocycles. The average molecular weight is 380 g/mol. The molecule has 146 valence electrons. The summed E-state index contributed by atoms with van der Waals surface area (Å²) in [5, 5.41) is 8.91. The van der Waals surface area contributed by atoms with Crippen LogP contribution in [0.3, 0.4) is 0 Å². The van der Waals surface area contributed by atoms with Gasteiger partial charge in [-0.15, -0.1) is 0 Å². The summed E-state index contributed by atoms with van der Waals surface area (Å²) in [6.45, 7) is 5.57. The zero-order chi connectivity index (χ0) is 20.7. The summed E-state index contributed by atoms with van der Waals surface area (Å²) in [4.78, 5) is 26.5. The molecule has 0 saturated carbocycles. The van der Waals surface area contributed by atoms with Crippen LogP contribution in [-0.2, 0) is 9.53 Å². The van der Waals surface area contributed by atoms with Gasteiger partial charge in [-0.1, -0.05) is 12.1 Å². The molecular weight excluding hydrogens is 356 g/mol. The van der Waals surface area contributed by atoms with E-state index in [1.165, 1.54) is 12.0 Å². The second-order valence-corrected chi connectivity index (χ2v) is 6.56. The monoisotopic (exact) mass is 380 g/mol. The zero-order valence-corrected chi connectivity index (χ0v) is 16.6. The lowest BCUT2D eigenvalue weighted by Crippen LogP contribution is -2.35. The van der Waals surface area contributed by atoms with Gasteiger partial charge in [0.15, 0.2) is 6.61 Å². The first kappa shape index (κ1) is 21.0. The van der Waals surface area contributed by atoms with Crippen molar-refractivity contribution < 1.29 is 19.1 Å². The standard InChI is InChI=1S/C22H24N2O4/c1-15-10-16(2)12-19(11-15)24(9-5-8-23)21(25)14-28-22(26)18-7-6-17(3)20(13-18)27-4/h6-7,10-13H,5,9,14H2,1-4H3. The number of carbonyl (C=O) groups is 2. The Balaban J connectivity index is 2.13. The predicted molar refractivity (Wildman–Crippen MR) is 107 cm³/mol. The number of amides is 1. The van der Waals surface area contributed by atoms with Crippen molar-refractivity contribution in [1.29, 1.82) is 5.26 Å². The number of anilines is 1. The minimum Gasteiger partial charge on any atom is -0.496 e. The fourth-order valence-corrected chi connectivity index (χ4v) is 2.90. The van der Waals surface area contributed by atoms with Crippen molar-refractivity contribution >= 4 is 17.6 Å². The highest BCUT2D eigenvalue weighted by molar-refractivity contribution is 5.97. The normalized spacial score (nSPS) is 10.1. The third-order valence-electron chi connectivity index (χ3n) is 4.24. The van der Waals surface area contributed by atoms with E-state index < -0.39 is 12.6 Å². The molecule has 1 amide bonds. The van der Waals surface area contributed by atoms with Gasteiger partial charge < -0.3 is 14.4 Å². The predicted octanol–water partition coefficient (Wildman–Crippen LogP) is 3.72. The van der Waals surface area contributed by atoms with E-state index in [1.54, 1.807) is 18.2 Å². The molecule has 0 N–H and O–H groups in total. The van der Waals surface area contributed by atoms with Crippen LogP contribution in [0.15, 0.2) is 36.4 Å². The molecular formula is C22H24N2O4. The van der Waals surface area contributed by atoms with Crippen molar-refractivity contribution in [3.05, 3.63) is 58.7 Å². The zero-order valence-electron chi connectivity index (χ0n) is 16.6. The van der Waals surface area contributed by atoms with Crippen LogP contribution in [0.4, 0.5) is 5.69 Å². The second-order valence-electron chi connectivity index (χ2n) is 6.56. The Bertz CT molecular complexity index is 895. The molecule has 0 fully saturated rings. The molecule has 6 nitrogen and oxygen atoms in total. The van der Waals surface area contributed by atoms with Gasteiger partial charge in [0.05, 0.1) is 25.2 Å². The molecule has 28 heavy (non-hydrogen) atoms. The van der Waals surface area contributed by atoms with Gasteiger partial charge in [-0.3, -0.25) is 4.79 Å². The fourth-order valence-electron chi connectivity index (χ4n) is 2.90. The van der Waals surface area contributed by atoms with Gasteiger partial charge in [0.1, 0.15) is 5.75 Å². The molecule has 6 heteroatoms. The van der Waals surface area contributed by atoms with Gasteiger partial charge in [-0.05, 0) is 61.7 Å². The summed E-state index contributed by atoms with van der Waals surface area (Å²) in [6.07, 6.45) is 0.182. The van der Waals surface area contributed by atoms with Crippen LogP contribution in [0.1, 0.15) is 33.5 Å². The number of hydrogen-bond donors (Lipinski definition) is 0. The van der Waals surface area contributed by atoms with Gasteiger partial charge in [0.2, 0.25) is 0 Å². The molecule has 0 heterocycles. The third-order valence-corrected chi connectivity index (χ3v) is 4.24. The Morgan fingerprint density at radius 2 is 1.75 bits per heavy atom. The Labute approximate surface area is 165 Å². The van der Waals surface area contributed by atoms with E-state index in [0.717, 1.165) is 16.7 Å². The molecule has 0 saturated heterocycles. The van der Waals surface area contributed by atoms with Crippen molar-refractivity contribution in [2.45, 2.75) is 27.2 Å². The van der Waals surface area contributed by atoms with Crippen LogP contribution in [0.2, 0.25) is 0 Å². The summed E-state index contributed by atoms with van der Waals surface area (Å²) in [7, 11) is 1.53. The number of carbonyl (C=O) groups excluding carboxylic acids is 2. The molecule has 0 bridgehead atoms. The van der Waals surface area contributed by atoms with Crippen LogP contribution < -0.4 is 9.64 Å². The van der Waals surface area contributed by atoms with Crippen molar-refractivity contribution in [2.24, 2.45) is 0 Å². The number of esters is 1. The highest BCUT2D eigenvalue weighted by Gasteiger charge is 2.19. The van der Waals surface area contributed by atoms with Crippen LogP contribution in [0.5, 0.6) is 5.75 Å². The highest BCUT2D eigenvalue weighted by atomic mass is 16.5. The summed E-state index contributed by atoms with van der Waals surface area (Å²) < 4.78 is 10.4. The first-order valence-corrected chi connectivity index (χ1v) is 8.93. The Morgan fingerprint density at radius 3 is 2.36 bits per heavy atom. The lowest BCUT2D eigenvalue weighted by atomic mass is 10.1. The van der Waals surface area contributed by atoms with Crippen molar-refractivity contribution in [2.75, 3.05) is 25.2 Å². The molecule has 0 aromatic heterocycles. The minimum absolute atomic E-state index is 0.182. The Kier molecular flexibility index (Phi) is 7.16. The highest BCUT2D eigenvalue weighted by Crippen LogP contribution is 2.21. The van der Waals surface area contributed by atoms with Crippen LogP contribution >= 0.6 is 0 Å². The quantitative estimate of drug-likeness (QED) is 0.684. The van der Waals surface area contributed by atoms with E-state index in [0.29, 0.717) is 17.0 Å². The third kappa shape index (κ3) is 5.34. The maximum Gasteiger partial charge on any atom is 0.338 e. The smallest absolute Gasteiger partial charge is 0.338 e. The van der Waals surface area contributed by atoms with E-state index in [2.05, 4.69) is 0 Å². The van der Waals surface area contributed by atoms with Gasteiger partial charge in [0, 0.05) is 12.2 Å². The Hall–Kier alpha value is -3.33. The first-order chi connectivity index (χ1) is 13.3. The number of rotatable bonds is 7. The molecule has 0 aliphatic rings. The molecule has 0 radical (unpaired) electrons. The number of ether oxygens (including phenoxy) is 2. The van der Waals surface area contributed by atoms with Crippen LogP contribution in [-0.4, -0.2) is 32.1 Å². The van der Waals surface area contributed by atoms with Crippen molar-refractivity contribution in [3.8, 4) is 11.8 Å². The maximum atomic E-state index is 12.7. The largest absolute Gasteiger partial charge is 0.496 e. The molecule has 2 rings (SSSR count). The average Bonchev–Trinajstić information content (AvgIpc) is 2.66. The topological polar surface area (TPSA) is 79.6 Å². The second kappa shape index (κ2) is 9.56. The van der Waals surface area contributed by atoms with Gasteiger partial charge in [-0.25, -0.2) is 4.79 Å². The van der Waals surface area contributed by atoms with E-state index in [1.807, 2.05) is 45.0 Å². The van der Waals surface area contributed by atoms with E-state index in [9.17, 15) is 9.59 Å². The lowest BCUT2D eigenvalue weighted by molar-refractivity contribution is -0.121. The van der Waals surface area contributed by atoms with E-state index in [-0.39, 0.29) is 18.9 Å². The first-order valence-electron chi connectivity index (χ1n) is 8.93. The summed E-state index contributed by atoms with van der Waals surface area (Å²) in [6, 6.07) is 12.8. The van der Waals surface area contributed by atoms with Crippen molar-refractivity contribution in [1.82, 2.24) is 0 Å². The molecule has 0 atom stereocenters. The van der Waals surface area contributed by atoms with Crippen molar-refractivity contribution in [3.63, 3.8) is 0 Å². The van der Waals surface area contributed by atoms with Gasteiger partial charge in [-0.2, -0.15) is 5.26 Å². The fraction of sp³-hybridized carbons (Fsp3) is 0.318. The number of nitriles is 1. The SMILES string of the molecule is COc1cc(C(=O)OCC(=O)N(CCC#N)c2cc(C)cc(C)c2)ccc1C. The molecule has 0 unspecified atom stereocenters. The molecule has 2 aromatic rings. The van der Waals surface area contributed by atoms with Gasteiger partial charge in [0.25, 0.3) is 5.91 Å². The minimum atomic E-state index is -0.604. The van der Waals surface area contributed by atoms with Crippen LogP contribution in [0, 0.1) is 32.1 Å². The number of aryl methyl sites for hydroxylation is 3. The van der Waals surface area contributed by atoms with E-state index >= 15 is 0 Å². The molecule has 0 spiro atoms. The number of benzene rings is 2. The molecule has 0 aliphatic carbocycles. The van der Waals surface area contributed by atoms with Gasteiger partial charge >= 0.3 is 5.97 Å². The summed E-state index contributed by atoms with van der Waals surface area (Å²) >= 11 is 0. The van der Waals surface area contributed by atoms with Crippen LogP contribution in [0.25, 0.3) is 0 Å². The Morgan fingerprint density at radius 1 is 1.07 bits per heavy atom. The lowest BCUT2D eigenvalue weighted by Gasteiger charge is -2.22. The number of hydrogen-bond acceptors (Lipinski definition) is 5. The summed E-state index contributed by atoms with van der Waals surface area (Å²) in [5.74, 6) is -0.411. The number of methoxy groups -OCH3 is 1. The van der Waals surface area contributed by atoms with E-state index in [4.69, 9.17) is 14.7 Å².